The van der Waals surface area contributed by atoms with Crippen molar-refractivity contribution in [1.82, 2.24) is 14.3 Å². The molecule has 1 aromatic carbocycles. The monoisotopic (exact) mass is 360 g/mol. The van der Waals surface area contributed by atoms with Crippen LogP contribution in [0.25, 0.3) is 0 Å². The maximum Gasteiger partial charge on any atom is 0.278 e. The highest BCUT2D eigenvalue weighted by molar-refractivity contribution is 7.89. The van der Waals surface area contributed by atoms with Gasteiger partial charge in [-0.3, -0.25) is 9.78 Å². The summed E-state index contributed by atoms with van der Waals surface area (Å²) in [5.41, 5.74) is 1.86. The van der Waals surface area contributed by atoms with Crippen LogP contribution in [0.1, 0.15) is 29.9 Å². The van der Waals surface area contributed by atoms with Gasteiger partial charge in [0.05, 0.1) is 11.1 Å². The molecule has 8 heteroatoms. The Hall–Kier alpha value is -2.32. The molecule has 0 unspecified atom stereocenters. The van der Waals surface area contributed by atoms with E-state index in [2.05, 4.69) is 9.97 Å². The van der Waals surface area contributed by atoms with Gasteiger partial charge in [0.2, 0.25) is 10.0 Å². The molecule has 0 atom stereocenters. The van der Waals surface area contributed by atoms with Crippen molar-refractivity contribution in [1.29, 1.82) is 0 Å². The second-order valence-corrected chi connectivity index (χ2v) is 7.62. The fourth-order valence-electron chi connectivity index (χ4n) is 3.01. The lowest BCUT2D eigenvalue weighted by molar-refractivity contribution is 0.0984. The second kappa shape index (κ2) is 6.89. The molecule has 0 N–H and O–H groups in total. The molecule has 7 nitrogen and oxygen atoms in total. The zero-order chi connectivity index (χ0) is 18.0. The Balaban J connectivity index is 1.92. The summed E-state index contributed by atoms with van der Waals surface area (Å²) in [4.78, 5) is 22.4. The number of aromatic nitrogens is 2. The zero-order valence-corrected chi connectivity index (χ0v) is 15.0. The number of benzene rings is 1. The molecule has 0 spiro atoms. The fraction of sp³-hybridized carbons (Fsp3) is 0.353. The maximum absolute atomic E-state index is 12.7. The first-order chi connectivity index (χ1) is 12.0. The minimum absolute atomic E-state index is 0.230. The SMILES string of the molecule is CCN(CC)S(=O)(=O)c1ccc2c(c1)CCN2C(=O)c1cnccn1. The molecular weight excluding hydrogens is 340 g/mol. The van der Waals surface area contributed by atoms with E-state index in [-0.39, 0.29) is 16.5 Å². The molecule has 2 heterocycles. The van der Waals surface area contributed by atoms with Gasteiger partial charge in [0.25, 0.3) is 5.91 Å². The van der Waals surface area contributed by atoms with Gasteiger partial charge in [-0.05, 0) is 30.2 Å². The lowest BCUT2D eigenvalue weighted by Crippen LogP contribution is -2.31. The van der Waals surface area contributed by atoms with E-state index in [1.807, 2.05) is 13.8 Å². The lowest BCUT2D eigenvalue weighted by atomic mass is 10.2. The van der Waals surface area contributed by atoms with Crippen molar-refractivity contribution in [3.63, 3.8) is 0 Å². The number of hydrogen-bond acceptors (Lipinski definition) is 5. The highest BCUT2D eigenvalue weighted by atomic mass is 32.2. The van der Waals surface area contributed by atoms with Gasteiger partial charge in [-0.1, -0.05) is 13.8 Å². The summed E-state index contributed by atoms with van der Waals surface area (Å²) in [6, 6.07) is 4.94. The summed E-state index contributed by atoms with van der Waals surface area (Å²) in [5.74, 6) is -0.230. The largest absolute Gasteiger partial charge is 0.306 e. The van der Waals surface area contributed by atoms with Crippen LogP contribution in [0, 0.1) is 0 Å². The number of fused-ring (bicyclic) bond motifs is 1. The number of carbonyl (C=O) groups is 1. The van der Waals surface area contributed by atoms with Crippen LogP contribution in [-0.4, -0.2) is 48.2 Å². The molecule has 0 saturated carbocycles. The van der Waals surface area contributed by atoms with E-state index in [4.69, 9.17) is 0 Å². The summed E-state index contributed by atoms with van der Waals surface area (Å²) < 4.78 is 26.7. The van der Waals surface area contributed by atoms with Crippen LogP contribution < -0.4 is 4.90 Å². The molecule has 3 rings (SSSR count). The standard InChI is InChI=1S/C17H20N4O3S/c1-3-20(4-2)25(23,24)14-5-6-16-13(11-14)7-10-21(16)17(22)15-12-18-8-9-19-15/h5-6,8-9,11-12H,3-4,7,10H2,1-2H3. The number of amides is 1. The average Bonchev–Trinajstić information content (AvgIpc) is 3.06. The Morgan fingerprint density at radius 2 is 2.00 bits per heavy atom. The Labute approximate surface area is 147 Å². The van der Waals surface area contributed by atoms with Crippen LogP contribution >= 0.6 is 0 Å². The van der Waals surface area contributed by atoms with Crippen LogP contribution in [-0.2, 0) is 16.4 Å². The summed E-state index contributed by atoms with van der Waals surface area (Å²) in [5, 5.41) is 0. The molecular formula is C17H20N4O3S. The summed E-state index contributed by atoms with van der Waals surface area (Å²) in [6.45, 7) is 4.98. The van der Waals surface area contributed by atoms with Gasteiger partial charge in [-0.25, -0.2) is 13.4 Å². The van der Waals surface area contributed by atoms with E-state index < -0.39 is 10.0 Å². The predicted octanol–water partition coefficient (Wildman–Crippen LogP) is 1.71. The molecule has 1 aliphatic heterocycles. The van der Waals surface area contributed by atoms with Crippen LogP contribution in [0.2, 0.25) is 0 Å². The van der Waals surface area contributed by atoms with Gasteiger partial charge in [-0.15, -0.1) is 0 Å². The minimum Gasteiger partial charge on any atom is -0.306 e. The molecule has 1 aliphatic rings. The molecule has 0 radical (unpaired) electrons. The molecule has 2 aromatic rings. The van der Waals surface area contributed by atoms with Crippen molar-refractivity contribution < 1.29 is 13.2 Å². The van der Waals surface area contributed by atoms with Crippen molar-refractivity contribution in [2.75, 3.05) is 24.5 Å². The van der Waals surface area contributed by atoms with E-state index >= 15 is 0 Å². The van der Waals surface area contributed by atoms with Crippen molar-refractivity contribution in [2.24, 2.45) is 0 Å². The Morgan fingerprint density at radius 3 is 2.64 bits per heavy atom. The highest BCUT2D eigenvalue weighted by Crippen LogP contribution is 2.31. The average molecular weight is 360 g/mol. The fourth-order valence-corrected chi connectivity index (χ4v) is 4.52. The van der Waals surface area contributed by atoms with E-state index in [0.717, 1.165) is 11.3 Å². The van der Waals surface area contributed by atoms with Crippen molar-refractivity contribution in [3.05, 3.63) is 48.0 Å². The van der Waals surface area contributed by atoms with Gasteiger partial charge < -0.3 is 4.90 Å². The quantitative estimate of drug-likeness (QED) is 0.810. The van der Waals surface area contributed by atoms with Gasteiger partial charge in [0.1, 0.15) is 5.69 Å². The molecule has 1 amide bonds. The number of sulfonamides is 1. The highest BCUT2D eigenvalue weighted by Gasteiger charge is 2.29. The first-order valence-electron chi connectivity index (χ1n) is 8.20. The van der Waals surface area contributed by atoms with E-state index in [9.17, 15) is 13.2 Å². The third-order valence-corrected chi connectivity index (χ3v) is 6.36. The van der Waals surface area contributed by atoms with E-state index in [1.165, 1.54) is 22.9 Å². The van der Waals surface area contributed by atoms with Gasteiger partial charge in [0.15, 0.2) is 0 Å². The van der Waals surface area contributed by atoms with Crippen molar-refractivity contribution >= 4 is 21.6 Å². The number of rotatable bonds is 5. The molecule has 0 fully saturated rings. The summed E-state index contributed by atoms with van der Waals surface area (Å²) >= 11 is 0. The van der Waals surface area contributed by atoms with Gasteiger partial charge >= 0.3 is 0 Å². The third kappa shape index (κ3) is 3.14. The predicted molar refractivity (Wildman–Crippen MR) is 94.0 cm³/mol. The molecule has 25 heavy (non-hydrogen) atoms. The topological polar surface area (TPSA) is 83.5 Å². The van der Waals surface area contributed by atoms with Crippen LogP contribution in [0.5, 0.6) is 0 Å². The maximum atomic E-state index is 12.7. The summed E-state index contributed by atoms with van der Waals surface area (Å²) in [7, 11) is -3.51. The van der Waals surface area contributed by atoms with Crippen molar-refractivity contribution in [3.8, 4) is 0 Å². The van der Waals surface area contributed by atoms with Crippen LogP contribution in [0.15, 0.2) is 41.7 Å². The van der Waals surface area contributed by atoms with E-state index in [1.54, 1.807) is 23.1 Å². The number of carbonyl (C=O) groups excluding carboxylic acids is 1. The van der Waals surface area contributed by atoms with Crippen LogP contribution in [0.4, 0.5) is 5.69 Å². The second-order valence-electron chi connectivity index (χ2n) is 5.68. The molecule has 132 valence electrons. The first kappa shape index (κ1) is 17.5. The van der Waals surface area contributed by atoms with Gasteiger partial charge in [-0.2, -0.15) is 4.31 Å². The smallest absolute Gasteiger partial charge is 0.278 e. The number of hydrogen-bond donors (Lipinski definition) is 0. The number of anilines is 1. The third-order valence-electron chi connectivity index (χ3n) is 4.32. The van der Waals surface area contributed by atoms with Gasteiger partial charge in [0, 0.05) is 37.7 Å². The normalized spacial score (nSPS) is 14.0. The van der Waals surface area contributed by atoms with Crippen LogP contribution in [0.3, 0.4) is 0 Å². The Kier molecular flexibility index (Phi) is 4.82. The first-order valence-corrected chi connectivity index (χ1v) is 9.64. The molecule has 1 aromatic heterocycles. The Bertz CT molecular complexity index is 880. The number of nitrogens with zero attached hydrogens (tertiary/aromatic N) is 4. The molecule has 0 bridgehead atoms. The lowest BCUT2D eigenvalue weighted by Gasteiger charge is -2.20. The zero-order valence-electron chi connectivity index (χ0n) is 14.2. The molecule has 0 aliphatic carbocycles. The van der Waals surface area contributed by atoms with E-state index in [0.29, 0.717) is 26.1 Å². The Morgan fingerprint density at radius 1 is 1.24 bits per heavy atom. The van der Waals surface area contributed by atoms with Crippen molar-refractivity contribution in [2.45, 2.75) is 25.2 Å². The summed E-state index contributed by atoms with van der Waals surface area (Å²) in [6.07, 6.45) is 5.03. The minimum atomic E-state index is -3.51. The molecule has 0 saturated heterocycles.